The highest BCUT2D eigenvalue weighted by Crippen LogP contribution is 2.38. The first kappa shape index (κ1) is 30.8. The van der Waals surface area contributed by atoms with E-state index in [2.05, 4.69) is 14.9 Å². The molecule has 0 atom stereocenters. The fourth-order valence-corrected chi connectivity index (χ4v) is 6.75. The van der Waals surface area contributed by atoms with Crippen LogP contribution >= 0.6 is 11.9 Å². The van der Waals surface area contributed by atoms with E-state index < -0.39 is 0 Å². The number of piperidine rings is 1. The van der Waals surface area contributed by atoms with Gasteiger partial charge in [-0.05, 0) is 73.9 Å². The van der Waals surface area contributed by atoms with Crippen LogP contribution in [0.1, 0.15) is 68.9 Å². The molecular weight excluding hydrogens is 588 g/mol. The van der Waals surface area contributed by atoms with Crippen molar-refractivity contribution >= 4 is 52.6 Å². The second kappa shape index (κ2) is 13.8. The highest BCUT2D eigenvalue weighted by atomic mass is 32.2. The molecule has 3 aliphatic rings. The maximum absolute atomic E-state index is 13.5. The van der Waals surface area contributed by atoms with Crippen LogP contribution < -0.4 is 14.9 Å². The molecule has 2 aromatic carbocycles. The minimum Gasteiger partial charge on any atom is -0.384 e. The van der Waals surface area contributed by atoms with Gasteiger partial charge in [-0.2, -0.15) is 0 Å². The van der Waals surface area contributed by atoms with Crippen LogP contribution in [0.15, 0.2) is 60.7 Å². The minimum absolute atomic E-state index is 0.171. The number of nitrogens with one attached hydrogen (secondary N) is 3. The van der Waals surface area contributed by atoms with Crippen LogP contribution in [0.5, 0.6) is 0 Å². The van der Waals surface area contributed by atoms with E-state index in [1.54, 1.807) is 31.4 Å². The molecule has 2 aliphatic heterocycles. The normalized spacial score (nSPS) is 16.8. The Morgan fingerprint density at radius 3 is 2.29 bits per heavy atom. The number of carbonyl (C=O) groups is 3. The maximum Gasteiger partial charge on any atom is 0.279 e. The van der Waals surface area contributed by atoms with E-state index in [0.717, 1.165) is 80.7 Å². The molecule has 1 aromatic heterocycles. The summed E-state index contributed by atoms with van der Waals surface area (Å²) in [4.78, 5) is 47.3. The quantitative estimate of drug-likeness (QED) is 0.104. The molecule has 1 saturated carbocycles. The van der Waals surface area contributed by atoms with Gasteiger partial charge < -0.3 is 20.4 Å². The van der Waals surface area contributed by atoms with Gasteiger partial charge in [-0.15, -0.1) is 0 Å². The first-order chi connectivity index (χ1) is 21.9. The predicted molar refractivity (Wildman–Crippen MR) is 177 cm³/mol. The topological polar surface area (TPSA) is 128 Å². The number of benzene rings is 2. The first-order valence-corrected chi connectivity index (χ1v) is 16.5. The van der Waals surface area contributed by atoms with Gasteiger partial charge in [0.05, 0.1) is 22.4 Å². The summed E-state index contributed by atoms with van der Waals surface area (Å²) in [5.74, 6) is 0.465. The van der Waals surface area contributed by atoms with Gasteiger partial charge in [0.15, 0.2) is 0 Å². The smallest absolute Gasteiger partial charge is 0.279 e. The number of carbonyl (C=O) groups excluding carboxylic acids is 3. The van der Waals surface area contributed by atoms with Gasteiger partial charge in [-0.3, -0.25) is 24.0 Å². The van der Waals surface area contributed by atoms with Crippen molar-refractivity contribution in [1.82, 2.24) is 14.6 Å². The SMILES string of the molecule is COCC1CCN(c2cc(C(=O)NSCCN3C(=O)c4ccccc4C3=O)nc(Nc3ccccc3)c2C(=N)C2CCC2)CC1. The van der Waals surface area contributed by atoms with Crippen molar-refractivity contribution in [3.8, 4) is 0 Å². The third-order valence-corrected chi connectivity index (χ3v) is 9.58. The zero-order valence-electron chi connectivity index (χ0n) is 25.4. The Bertz CT molecular complexity index is 1550. The van der Waals surface area contributed by atoms with E-state index in [1.165, 1.54) is 4.90 Å². The van der Waals surface area contributed by atoms with Crippen LogP contribution in [0.25, 0.3) is 0 Å². The molecule has 0 spiro atoms. The monoisotopic (exact) mass is 626 g/mol. The molecule has 0 bridgehead atoms. The molecule has 6 rings (SSSR count). The zero-order valence-corrected chi connectivity index (χ0v) is 26.2. The lowest BCUT2D eigenvalue weighted by Crippen LogP contribution is -2.37. The largest absolute Gasteiger partial charge is 0.384 e. The highest BCUT2D eigenvalue weighted by Gasteiger charge is 2.35. The Balaban J connectivity index is 1.23. The Morgan fingerprint density at radius 1 is 1.00 bits per heavy atom. The summed E-state index contributed by atoms with van der Waals surface area (Å²) in [6, 6.07) is 18.3. The molecule has 3 heterocycles. The number of para-hydroxylation sites is 1. The number of amides is 3. The summed E-state index contributed by atoms with van der Waals surface area (Å²) in [5.41, 5.74) is 4.03. The number of hydrogen-bond donors (Lipinski definition) is 3. The summed E-state index contributed by atoms with van der Waals surface area (Å²) < 4.78 is 8.28. The molecule has 1 aliphatic carbocycles. The zero-order chi connectivity index (χ0) is 31.3. The summed E-state index contributed by atoms with van der Waals surface area (Å²) >= 11 is 1.14. The van der Waals surface area contributed by atoms with Gasteiger partial charge >= 0.3 is 0 Å². The van der Waals surface area contributed by atoms with Crippen molar-refractivity contribution in [1.29, 1.82) is 5.41 Å². The lowest BCUT2D eigenvalue weighted by molar-refractivity contribution is 0.0664. The van der Waals surface area contributed by atoms with E-state index in [-0.39, 0.29) is 35.9 Å². The molecule has 2 fully saturated rings. The lowest BCUT2D eigenvalue weighted by Gasteiger charge is -2.36. The van der Waals surface area contributed by atoms with Crippen molar-refractivity contribution < 1.29 is 19.1 Å². The van der Waals surface area contributed by atoms with Crippen molar-refractivity contribution in [2.24, 2.45) is 11.8 Å². The van der Waals surface area contributed by atoms with Crippen LogP contribution in [-0.4, -0.2) is 72.4 Å². The van der Waals surface area contributed by atoms with E-state index in [1.807, 2.05) is 36.4 Å². The third kappa shape index (κ3) is 6.60. The van der Waals surface area contributed by atoms with E-state index in [0.29, 0.717) is 34.3 Å². The number of fused-ring (bicyclic) bond motifs is 1. The van der Waals surface area contributed by atoms with Gasteiger partial charge in [-0.1, -0.05) is 36.8 Å². The van der Waals surface area contributed by atoms with Crippen molar-refractivity contribution in [3.63, 3.8) is 0 Å². The fourth-order valence-electron chi connectivity index (χ4n) is 6.14. The number of imide groups is 1. The predicted octanol–water partition coefficient (Wildman–Crippen LogP) is 5.53. The van der Waals surface area contributed by atoms with E-state index in [9.17, 15) is 19.8 Å². The Labute approximate surface area is 267 Å². The standard InChI is InChI=1S/C34H38N6O4S/c1-44-21-22-14-16-39(17-15-22)28-20-27(32(41)38-45-19-18-40-33(42)25-12-5-6-13-26(25)34(40)43)37-31(36-24-10-3-2-4-11-24)29(28)30(35)23-8-7-9-23/h2-6,10-13,20,22-23,35H,7-9,14-19,21H2,1H3,(H,36,37)(H,38,41). The molecule has 11 heteroatoms. The minimum atomic E-state index is -0.379. The fraction of sp³-hybridized carbons (Fsp3) is 0.382. The molecule has 0 unspecified atom stereocenters. The molecule has 3 aromatic rings. The number of ether oxygens (including phenoxy) is 1. The number of hydrogen-bond acceptors (Lipinski definition) is 9. The lowest BCUT2D eigenvalue weighted by atomic mass is 9.79. The number of aromatic nitrogens is 1. The number of pyridine rings is 1. The molecule has 3 N–H and O–H groups in total. The van der Waals surface area contributed by atoms with Crippen LogP contribution in [-0.2, 0) is 4.74 Å². The molecule has 0 radical (unpaired) electrons. The number of nitrogens with zero attached hydrogens (tertiary/aromatic N) is 3. The van der Waals surface area contributed by atoms with Crippen LogP contribution in [0.4, 0.5) is 17.2 Å². The van der Waals surface area contributed by atoms with Gasteiger partial charge in [0.2, 0.25) is 0 Å². The molecule has 234 valence electrons. The summed E-state index contributed by atoms with van der Waals surface area (Å²) in [6.07, 6.45) is 4.99. The third-order valence-electron chi connectivity index (χ3n) is 8.87. The molecule has 3 amide bonds. The van der Waals surface area contributed by atoms with Gasteiger partial charge in [0.25, 0.3) is 17.7 Å². The molecule has 45 heavy (non-hydrogen) atoms. The Kier molecular flexibility index (Phi) is 9.46. The number of anilines is 3. The van der Waals surface area contributed by atoms with E-state index in [4.69, 9.17) is 9.72 Å². The Hall–Kier alpha value is -4.22. The molecular formula is C34H38N6O4S. The second-order valence-electron chi connectivity index (χ2n) is 11.8. The number of methoxy groups -OCH3 is 1. The van der Waals surface area contributed by atoms with Crippen molar-refractivity contribution in [2.45, 2.75) is 32.1 Å². The van der Waals surface area contributed by atoms with Crippen molar-refractivity contribution in [3.05, 3.63) is 83.0 Å². The van der Waals surface area contributed by atoms with Gasteiger partial charge in [0, 0.05) is 56.4 Å². The Morgan fingerprint density at radius 2 is 1.67 bits per heavy atom. The summed E-state index contributed by atoms with van der Waals surface area (Å²) in [6.45, 7) is 2.49. The maximum atomic E-state index is 13.5. The second-order valence-corrected chi connectivity index (χ2v) is 12.7. The first-order valence-electron chi connectivity index (χ1n) is 15.5. The van der Waals surface area contributed by atoms with Gasteiger partial charge in [-0.25, -0.2) is 4.98 Å². The van der Waals surface area contributed by atoms with Crippen molar-refractivity contribution in [2.75, 3.05) is 49.3 Å². The average molecular weight is 627 g/mol. The van der Waals surface area contributed by atoms with E-state index >= 15 is 0 Å². The van der Waals surface area contributed by atoms with Gasteiger partial charge in [0.1, 0.15) is 11.5 Å². The highest BCUT2D eigenvalue weighted by molar-refractivity contribution is 7.97. The van der Waals surface area contributed by atoms with Crippen LogP contribution in [0.2, 0.25) is 0 Å². The summed E-state index contributed by atoms with van der Waals surface area (Å²) in [7, 11) is 1.73. The summed E-state index contributed by atoms with van der Waals surface area (Å²) in [5, 5.41) is 12.7. The number of rotatable bonds is 12. The average Bonchev–Trinajstić information content (AvgIpc) is 3.27. The molecule has 1 saturated heterocycles. The molecule has 10 nitrogen and oxygen atoms in total. The van der Waals surface area contributed by atoms with Crippen LogP contribution in [0, 0.1) is 17.2 Å². The van der Waals surface area contributed by atoms with Crippen LogP contribution in [0.3, 0.4) is 0 Å².